The summed E-state index contributed by atoms with van der Waals surface area (Å²) in [6, 6.07) is 22.5. The molecule has 0 unspecified atom stereocenters. The Labute approximate surface area is 122 Å². The lowest BCUT2D eigenvalue weighted by atomic mass is 10.1. The van der Waals surface area contributed by atoms with E-state index in [0.717, 1.165) is 22.4 Å². The van der Waals surface area contributed by atoms with Gasteiger partial charge in [0, 0.05) is 6.20 Å². The Morgan fingerprint density at radius 3 is 2.43 bits per heavy atom. The maximum absolute atomic E-state index is 4.48. The molecule has 2 aromatic carbocycles. The van der Waals surface area contributed by atoms with Crippen LogP contribution in [0.5, 0.6) is 0 Å². The zero-order valence-corrected chi connectivity index (χ0v) is 11.3. The Kier molecular flexibility index (Phi) is 2.75. The second kappa shape index (κ2) is 4.87. The number of fused-ring (bicyclic) bond motifs is 1. The summed E-state index contributed by atoms with van der Waals surface area (Å²) >= 11 is 0. The van der Waals surface area contributed by atoms with Gasteiger partial charge >= 0.3 is 0 Å². The lowest BCUT2D eigenvalue weighted by molar-refractivity contribution is 1.02. The number of para-hydroxylation sites is 2. The van der Waals surface area contributed by atoms with E-state index in [2.05, 4.69) is 34.2 Å². The number of aromatic nitrogens is 3. The molecule has 0 atom stereocenters. The molecule has 0 saturated heterocycles. The molecule has 21 heavy (non-hydrogen) atoms. The van der Waals surface area contributed by atoms with Crippen LogP contribution in [0.25, 0.3) is 28.0 Å². The van der Waals surface area contributed by atoms with Crippen LogP contribution in [0.4, 0.5) is 0 Å². The zero-order chi connectivity index (χ0) is 14.1. The molecule has 0 radical (unpaired) electrons. The molecule has 3 heteroatoms. The van der Waals surface area contributed by atoms with Crippen molar-refractivity contribution in [3.63, 3.8) is 0 Å². The Morgan fingerprint density at radius 1 is 0.714 bits per heavy atom. The van der Waals surface area contributed by atoms with Gasteiger partial charge in [-0.1, -0.05) is 42.5 Å². The number of hydrogen-bond acceptors (Lipinski definition) is 2. The molecule has 0 aliphatic heterocycles. The highest BCUT2D eigenvalue weighted by molar-refractivity contribution is 5.77. The lowest BCUT2D eigenvalue weighted by Crippen LogP contribution is -1.95. The molecule has 0 saturated carbocycles. The molecular formula is C18H13N3. The second-order valence-corrected chi connectivity index (χ2v) is 4.87. The summed E-state index contributed by atoms with van der Waals surface area (Å²) in [6.07, 6.45) is 3.66. The number of imidazole rings is 1. The van der Waals surface area contributed by atoms with Gasteiger partial charge in [-0.15, -0.1) is 0 Å². The first kappa shape index (κ1) is 11.9. The van der Waals surface area contributed by atoms with Crippen LogP contribution in [0.1, 0.15) is 0 Å². The first-order chi connectivity index (χ1) is 10.4. The Morgan fingerprint density at radius 2 is 1.52 bits per heavy atom. The summed E-state index contributed by atoms with van der Waals surface area (Å²) < 4.78 is 2.02. The third-order valence-electron chi connectivity index (χ3n) is 3.55. The molecule has 0 N–H and O–H groups in total. The van der Waals surface area contributed by atoms with Gasteiger partial charge in [-0.25, -0.2) is 9.97 Å². The zero-order valence-electron chi connectivity index (χ0n) is 11.3. The molecule has 2 aromatic heterocycles. The highest BCUT2D eigenvalue weighted by atomic mass is 15.1. The molecule has 0 amide bonds. The number of benzene rings is 2. The minimum Gasteiger partial charge on any atom is -0.283 e. The molecule has 2 heterocycles. The fraction of sp³-hybridized carbons (Fsp3) is 0. The van der Waals surface area contributed by atoms with E-state index in [0.29, 0.717) is 0 Å². The summed E-state index contributed by atoms with van der Waals surface area (Å²) in [5.74, 6) is 0.880. The van der Waals surface area contributed by atoms with Crippen molar-refractivity contribution in [2.75, 3.05) is 0 Å². The van der Waals surface area contributed by atoms with E-state index in [1.807, 2.05) is 59.6 Å². The standard InChI is InChI=1S/C18H13N3/c1-2-6-14(7-3-1)15-10-11-19-18(12-15)21-13-20-16-8-4-5-9-17(16)21/h1-13H. The fourth-order valence-electron chi connectivity index (χ4n) is 2.50. The minimum atomic E-state index is 0.880. The molecule has 3 nitrogen and oxygen atoms in total. The van der Waals surface area contributed by atoms with Gasteiger partial charge in [0.2, 0.25) is 0 Å². The van der Waals surface area contributed by atoms with Crippen LogP contribution in [0.15, 0.2) is 79.3 Å². The Balaban J connectivity index is 1.87. The highest BCUT2D eigenvalue weighted by Crippen LogP contribution is 2.22. The normalized spacial score (nSPS) is 10.9. The summed E-state index contributed by atoms with van der Waals surface area (Å²) in [5, 5.41) is 0. The van der Waals surface area contributed by atoms with E-state index in [-0.39, 0.29) is 0 Å². The molecule has 0 bridgehead atoms. The monoisotopic (exact) mass is 271 g/mol. The molecular weight excluding hydrogens is 258 g/mol. The first-order valence-corrected chi connectivity index (χ1v) is 6.86. The minimum absolute atomic E-state index is 0.880. The van der Waals surface area contributed by atoms with Crippen LogP contribution in [-0.4, -0.2) is 14.5 Å². The predicted octanol–water partition coefficient (Wildman–Crippen LogP) is 4.09. The van der Waals surface area contributed by atoms with Gasteiger partial charge in [-0.05, 0) is 35.4 Å². The van der Waals surface area contributed by atoms with Gasteiger partial charge in [-0.3, -0.25) is 4.57 Å². The fourth-order valence-corrected chi connectivity index (χ4v) is 2.50. The molecule has 4 aromatic rings. The van der Waals surface area contributed by atoms with E-state index < -0.39 is 0 Å². The van der Waals surface area contributed by atoms with Crippen LogP contribution in [0.3, 0.4) is 0 Å². The number of rotatable bonds is 2. The van der Waals surface area contributed by atoms with E-state index in [9.17, 15) is 0 Å². The van der Waals surface area contributed by atoms with E-state index in [4.69, 9.17) is 0 Å². The van der Waals surface area contributed by atoms with Crippen molar-refractivity contribution in [2.45, 2.75) is 0 Å². The molecule has 100 valence electrons. The van der Waals surface area contributed by atoms with Crippen molar-refractivity contribution < 1.29 is 0 Å². The maximum atomic E-state index is 4.48. The van der Waals surface area contributed by atoms with Crippen molar-refractivity contribution in [3.8, 4) is 16.9 Å². The SMILES string of the molecule is c1ccc(-c2ccnc(-n3cnc4ccccc43)c2)cc1. The van der Waals surface area contributed by atoms with Gasteiger partial charge in [0.15, 0.2) is 0 Å². The van der Waals surface area contributed by atoms with Crippen molar-refractivity contribution in [2.24, 2.45) is 0 Å². The molecule has 0 fully saturated rings. The average molecular weight is 271 g/mol. The largest absolute Gasteiger partial charge is 0.283 e. The number of nitrogens with zero attached hydrogens (tertiary/aromatic N) is 3. The van der Waals surface area contributed by atoms with Crippen LogP contribution in [0, 0.1) is 0 Å². The van der Waals surface area contributed by atoms with Gasteiger partial charge in [0.1, 0.15) is 12.1 Å². The first-order valence-electron chi connectivity index (χ1n) is 6.86. The number of pyridine rings is 1. The molecule has 0 aliphatic rings. The average Bonchev–Trinajstić information content (AvgIpc) is 3.00. The van der Waals surface area contributed by atoms with Gasteiger partial charge in [-0.2, -0.15) is 0 Å². The van der Waals surface area contributed by atoms with Crippen molar-refractivity contribution in [1.29, 1.82) is 0 Å². The Bertz CT molecular complexity index is 894. The van der Waals surface area contributed by atoms with Gasteiger partial charge in [0.25, 0.3) is 0 Å². The van der Waals surface area contributed by atoms with Crippen molar-refractivity contribution >= 4 is 11.0 Å². The lowest BCUT2D eigenvalue weighted by Gasteiger charge is -2.06. The third kappa shape index (κ3) is 2.09. The maximum Gasteiger partial charge on any atom is 0.138 e. The van der Waals surface area contributed by atoms with Crippen LogP contribution in [0.2, 0.25) is 0 Å². The topological polar surface area (TPSA) is 30.7 Å². The van der Waals surface area contributed by atoms with E-state index >= 15 is 0 Å². The summed E-state index contributed by atoms with van der Waals surface area (Å²) in [7, 11) is 0. The smallest absolute Gasteiger partial charge is 0.138 e. The van der Waals surface area contributed by atoms with Crippen LogP contribution >= 0.6 is 0 Å². The van der Waals surface area contributed by atoms with Crippen LogP contribution < -0.4 is 0 Å². The van der Waals surface area contributed by atoms with E-state index in [1.54, 1.807) is 0 Å². The molecule has 0 aliphatic carbocycles. The molecule has 4 rings (SSSR count). The third-order valence-corrected chi connectivity index (χ3v) is 3.55. The predicted molar refractivity (Wildman–Crippen MR) is 84.3 cm³/mol. The second-order valence-electron chi connectivity index (χ2n) is 4.87. The number of hydrogen-bond donors (Lipinski definition) is 0. The summed E-state index contributed by atoms with van der Waals surface area (Å²) in [5.41, 5.74) is 4.38. The highest BCUT2D eigenvalue weighted by Gasteiger charge is 2.06. The quantitative estimate of drug-likeness (QED) is 0.550. The van der Waals surface area contributed by atoms with Gasteiger partial charge in [0.05, 0.1) is 11.0 Å². The van der Waals surface area contributed by atoms with E-state index in [1.165, 1.54) is 5.56 Å². The molecule has 0 spiro atoms. The summed E-state index contributed by atoms with van der Waals surface area (Å²) in [6.45, 7) is 0. The van der Waals surface area contributed by atoms with Crippen molar-refractivity contribution in [3.05, 3.63) is 79.3 Å². The van der Waals surface area contributed by atoms with Gasteiger partial charge < -0.3 is 0 Å². The van der Waals surface area contributed by atoms with Crippen molar-refractivity contribution in [1.82, 2.24) is 14.5 Å². The Hall–Kier alpha value is -2.94. The summed E-state index contributed by atoms with van der Waals surface area (Å²) in [4.78, 5) is 8.90. The van der Waals surface area contributed by atoms with Crippen LogP contribution in [-0.2, 0) is 0 Å².